The van der Waals surface area contributed by atoms with Crippen molar-refractivity contribution in [3.05, 3.63) is 23.1 Å². The van der Waals surface area contributed by atoms with Crippen molar-refractivity contribution in [2.24, 2.45) is 0 Å². The first-order valence-corrected chi connectivity index (χ1v) is 5.72. The number of unbranched alkanes of at least 4 members (excludes halogenated alkanes) is 1. The zero-order valence-electron chi connectivity index (χ0n) is 9.29. The predicted octanol–water partition coefficient (Wildman–Crippen LogP) is 2.48. The van der Waals surface area contributed by atoms with Gasteiger partial charge in [-0.25, -0.2) is 0 Å². The molecule has 0 spiro atoms. The second-order valence-corrected chi connectivity index (χ2v) is 3.67. The molecule has 0 saturated heterocycles. The molecule has 0 atom stereocenters. The minimum Gasteiger partial charge on any atom is -0.452 e. The topological polar surface area (TPSA) is 51.5 Å². The second-order valence-electron chi connectivity index (χ2n) is 3.33. The quantitative estimate of drug-likeness (QED) is 0.751. The van der Waals surface area contributed by atoms with Gasteiger partial charge < -0.3 is 14.5 Å². The van der Waals surface area contributed by atoms with Crippen LogP contribution in [0, 0.1) is 0 Å². The van der Waals surface area contributed by atoms with E-state index in [9.17, 15) is 4.79 Å². The lowest BCUT2D eigenvalue weighted by Crippen LogP contribution is -2.27. The third-order valence-electron chi connectivity index (χ3n) is 2.04. The Morgan fingerprint density at radius 2 is 2.38 bits per heavy atom. The molecule has 1 N–H and O–H groups in total. The fraction of sp³-hybridized carbons (Fsp3) is 0.545. The Bertz CT molecular complexity index is 325. The van der Waals surface area contributed by atoms with Crippen molar-refractivity contribution >= 4 is 17.5 Å². The summed E-state index contributed by atoms with van der Waals surface area (Å²) in [7, 11) is 0. The molecule has 1 aromatic heterocycles. The van der Waals surface area contributed by atoms with Crippen LogP contribution in [0.5, 0.6) is 0 Å². The van der Waals surface area contributed by atoms with Crippen molar-refractivity contribution in [2.45, 2.75) is 19.8 Å². The zero-order chi connectivity index (χ0) is 11.8. The van der Waals surface area contributed by atoms with Crippen LogP contribution < -0.4 is 5.32 Å². The van der Waals surface area contributed by atoms with E-state index in [-0.39, 0.29) is 11.1 Å². The van der Waals surface area contributed by atoms with Gasteiger partial charge in [-0.2, -0.15) is 0 Å². The number of nitrogens with one attached hydrogen (secondary N) is 1. The van der Waals surface area contributed by atoms with Gasteiger partial charge >= 0.3 is 0 Å². The smallest absolute Gasteiger partial charge is 0.256 e. The van der Waals surface area contributed by atoms with Gasteiger partial charge in [0.2, 0.25) is 5.22 Å². The molecule has 16 heavy (non-hydrogen) atoms. The van der Waals surface area contributed by atoms with E-state index in [1.54, 1.807) is 0 Å². The third kappa shape index (κ3) is 4.24. The SMILES string of the molecule is CCCCOCCNC(=O)c1ccoc1Cl. The van der Waals surface area contributed by atoms with Gasteiger partial charge in [-0.3, -0.25) is 4.79 Å². The van der Waals surface area contributed by atoms with Crippen molar-refractivity contribution in [1.82, 2.24) is 5.32 Å². The third-order valence-corrected chi connectivity index (χ3v) is 2.33. The summed E-state index contributed by atoms with van der Waals surface area (Å²) in [4.78, 5) is 11.5. The number of halogens is 1. The van der Waals surface area contributed by atoms with Crippen LogP contribution >= 0.6 is 11.6 Å². The molecular weight excluding hydrogens is 230 g/mol. The van der Waals surface area contributed by atoms with E-state index < -0.39 is 0 Å². The molecule has 0 aliphatic heterocycles. The molecule has 4 nitrogen and oxygen atoms in total. The standard InChI is InChI=1S/C11H16ClNO3/c1-2-3-6-15-8-5-13-11(14)9-4-7-16-10(9)12/h4,7H,2-3,5-6,8H2,1H3,(H,13,14). The number of carbonyl (C=O) groups is 1. The maximum absolute atomic E-state index is 11.5. The summed E-state index contributed by atoms with van der Waals surface area (Å²) in [5.74, 6) is -0.238. The molecule has 0 radical (unpaired) electrons. The molecule has 0 saturated carbocycles. The van der Waals surface area contributed by atoms with Gasteiger partial charge in [0.15, 0.2) is 0 Å². The van der Waals surface area contributed by atoms with Gasteiger partial charge in [0.25, 0.3) is 5.91 Å². The molecule has 1 rings (SSSR count). The number of hydrogen-bond acceptors (Lipinski definition) is 3. The van der Waals surface area contributed by atoms with Crippen molar-refractivity contribution in [3.63, 3.8) is 0 Å². The Morgan fingerprint density at radius 3 is 3.00 bits per heavy atom. The van der Waals surface area contributed by atoms with Crippen LogP contribution in [0.15, 0.2) is 16.7 Å². The summed E-state index contributed by atoms with van der Waals surface area (Å²) in [6.45, 7) is 3.83. The molecule has 0 aliphatic carbocycles. The molecule has 0 bridgehead atoms. The number of furan rings is 1. The highest BCUT2D eigenvalue weighted by molar-refractivity contribution is 6.32. The van der Waals surface area contributed by atoms with Crippen LogP contribution in [-0.4, -0.2) is 25.7 Å². The zero-order valence-corrected chi connectivity index (χ0v) is 10.0. The largest absolute Gasteiger partial charge is 0.452 e. The molecule has 90 valence electrons. The van der Waals surface area contributed by atoms with Crippen LogP contribution in [0.1, 0.15) is 30.1 Å². The van der Waals surface area contributed by atoms with Crippen molar-refractivity contribution in [2.75, 3.05) is 19.8 Å². The van der Waals surface area contributed by atoms with Gasteiger partial charge in [-0.15, -0.1) is 0 Å². The second kappa shape index (κ2) is 7.30. The van der Waals surface area contributed by atoms with Crippen LogP contribution in [0.25, 0.3) is 0 Å². The maximum Gasteiger partial charge on any atom is 0.256 e. The lowest BCUT2D eigenvalue weighted by atomic mass is 10.3. The lowest BCUT2D eigenvalue weighted by molar-refractivity contribution is 0.0912. The predicted molar refractivity (Wildman–Crippen MR) is 61.8 cm³/mol. The van der Waals surface area contributed by atoms with Gasteiger partial charge in [-0.05, 0) is 24.1 Å². The minimum atomic E-state index is -0.238. The highest BCUT2D eigenvalue weighted by Crippen LogP contribution is 2.15. The van der Waals surface area contributed by atoms with Gasteiger partial charge in [0, 0.05) is 13.2 Å². The number of amides is 1. The molecule has 0 aromatic carbocycles. The van der Waals surface area contributed by atoms with Crippen molar-refractivity contribution in [1.29, 1.82) is 0 Å². The first-order chi connectivity index (χ1) is 7.75. The normalized spacial score (nSPS) is 10.4. The summed E-state index contributed by atoms with van der Waals surface area (Å²) in [6, 6.07) is 1.54. The fourth-order valence-electron chi connectivity index (χ4n) is 1.14. The Labute approximate surface area is 99.9 Å². The first-order valence-electron chi connectivity index (χ1n) is 5.34. The Balaban J connectivity index is 2.14. The summed E-state index contributed by atoms with van der Waals surface area (Å²) >= 11 is 5.66. The molecular formula is C11H16ClNO3. The van der Waals surface area contributed by atoms with Gasteiger partial charge in [0.1, 0.15) is 0 Å². The van der Waals surface area contributed by atoms with Crippen LogP contribution in [0.2, 0.25) is 5.22 Å². The van der Waals surface area contributed by atoms with Crippen molar-refractivity contribution < 1.29 is 13.9 Å². The summed E-state index contributed by atoms with van der Waals surface area (Å²) in [6.07, 6.45) is 3.54. The van der Waals surface area contributed by atoms with Gasteiger partial charge in [0.05, 0.1) is 18.4 Å². The van der Waals surface area contributed by atoms with E-state index in [0.29, 0.717) is 18.7 Å². The molecule has 0 aliphatic rings. The number of ether oxygens (including phenoxy) is 1. The summed E-state index contributed by atoms with van der Waals surface area (Å²) < 4.78 is 10.1. The van der Waals surface area contributed by atoms with E-state index in [2.05, 4.69) is 12.2 Å². The highest BCUT2D eigenvalue weighted by atomic mass is 35.5. The van der Waals surface area contributed by atoms with E-state index in [0.717, 1.165) is 19.4 Å². The van der Waals surface area contributed by atoms with Crippen LogP contribution in [-0.2, 0) is 4.74 Å². The maximum atomic E-state index is 11.5. The minimum absolute atomic E-state index is 0.115. The van der Waals surface area contributed by atoms with E-state index in [4.69, 9.17) is 20.8 Å². The van der Waals surface area contributed by atoms with E-state index in [1.807, 2.05) is 0 Å². The van der Waals surface area contributed by atoms with Crippen molar-refractivity contribution in [3.8, 4) is 0 Å². The number of rotatable bonds is 7. The molecule has 5 heteroatoms. The Morgan fingerprint density at radius 1 is 1.56 bits per heavy atom. The van der Waals surface area contributed by atoms with E-state index >= 15 is 0 Å². The Kier molecular flexibility index (Phi) is 5.96. The fourth-order valence-corrected chi connectivity index (χ4v) is 1.34. The highest BCUT2D eigenvalue weighted by Gasteiger charge is 2.11. The lowest BCUT2D eigenvalue weighted by Gasteiger charge is -2.04. The average molecular weight is 246 g/mol. The molecule has 1 amide bonds. The average Bonchev–Trinajstić information content (AvgIpc) is 2.69. The van der Waals surface area contributed by atoms with Gasteiger partial charge in [-0.1, -0.05) is 13.3 Å². The monoisotopic (exact) mass is 245 g/mol. The first kappa shape index (κ1) is 13.1. The molecule has 0 unspecified atom stereocenters. The van der Waals surface area contributed by atoms with Crippen LogP contribution in [0.3, 0.4) is 0 Å². The van der Waals surface area contributed by atoms with E-state index in [1.165, 1.54) is 12.3 Å². The molecule has 1 heterocycles. The Hall–Kier alpha value is -1.00. The summed E-state index contributed by atoms with van der Waals surface area (Å²) in [5, 5.41) is 2.81. The van der Waals surface area contributed by atoms with Crippen LogP contribution in [0.4, 0.5) is 0 Å². The number of carbonyl (C=O) groups excluding carboxylic acids is 1. The molecule has 1 aromatic rings. The molecule has 0 fully saturated rings. The number of hydrogen-bond donors (Lipinski definition) is 1. The summed E-state index contributed by atoms with van der Waals surface area (Å²) in [5.41, 5.74) is 0.357.